The lowest BCUT2D eigenvalue weighted by Crippen LogP contribution is -2.34. The highest BCUT2D eigenvalue weighted by Crippen LogP contribution is 2.13. The standard InChI is InChI=1S/C9H15NO2/c1-2-3-4-10-9(11)5-8-6-12-7-8/h2-3,8H,4-7H2,1H3,(H,10,11)/b3-2+. The van der Waals surface area contributed by atoms with E-state index in [0.29, 0.717) is 18.9 Å². The highest BCUT2D eigenvalue weighted by molar-refractivity contribution is 5.76. The molecule has 0 bridgehead atoms. The molecule has 0 aliphatic carbocycles. The van der Waals surface area contributed by atoms with Crippen LogP contribution in [0.3, 0.4) is 0 Å². The Hall–Kier alpha value is -0.830. The molecule has 1 aliphatic rings. The first-order valence-electron chi connectivity index (χ1n) is 4.28. The number of hydrogen-bond acceptors (Lipinski definition) is 2. The summed E-state index contributed by atoms with van der Waals surface area (Å²) in [6.45, 7) is 4.07. The highest BCUT2D eigenvalue weighted by Gasteiger charge is 2.20. The molecule has 3 nitrogen and oxygen atoms in total. The molecule has 68 valence electrons. The van der Waals surface area contributed by atoms with Crippen LogP contribution in [0.25, 0.3) is 0 Å². The van der Waals surface area contributed by atoms with E-state index in [4.69, 9.17) is 4.74 Å². The van der Waals surface area contributed by atoms with Crippen molar-refractivity contribution in [2.45, 2.75) is 13.3 Å². The van der Waals surface area contributed by atoms with Crippen LogP contribution in [0.1, 0.15) is 13.3 Å². The Morgan fingerprint density at radius 2 is 2.42 bits per heavy atom. The maximum absolute atomic E-state index is 11.1. The molecular formula is C9H15NO2. The fourth-order valence-corrected chi connectivity index (χ4v) is 1.03. The number of ether oxygens (including phenoxy) is 1. The summed E-state index contributed by atoms with van der Waals surface area (Å²) in [4.78, 5) is 11.1. The van der Waals surface area contributed by atoms with Crippen LogP contribution in [0, 0.1) is 5.92 Å². The van der Waals surface area contributed by atoms with Crippen LogP contribution in [-0.2, 0) is 9.53 Å². The summed E-state index contributed by atoms with van der Waals surface area (Å²) < 4.78 is 4.97. The number of nitrogens with one attached hydrogen (secondary N) is 1. The van der Waals surface area contributed by atoms with Crippen molar-refractivity contribution in [3.8, 4) is 0 Å². The summed E-state index contributed by atoms with van der Waals surface area (Å²) in [5, 5.41) is 2.80. The Labute approximate surface area is 72.8 Å². The van der Waals surface area contributed by atoms with Gasteiger partial charge in [-0.25, -0.2) is 0 Å². The number of rotatable bonds is 4. The third-order valence-corrected chi connectivity index (χ3v) is 1.83. The Bertz CT molecular complexity index is 173. The molecule has 3 heteroatoms. The second-order valence-electron chi connectivity index (χ2n) is 2.98. The Morgan fingerprint density at radius 3 is 2.92 bits per heavy atom. The van der Waals surface area contributed by atoms with E-state index in [1.54, 1.807) is 0 Å². The van der Waals surface area contributed by atoms with Crippen LogP contribution in [0.4, 0.5) is 0 Å². The number of amides is 1. The summed E-state index contributed by atoms with van der Waals surface area (Å²) in [6, 6.07) is 0. The van der Waals surface area contributed by atoms with Crippen LogP contribution < -0.4 is 5.32 Å². The van der Waals surface area contributed by atoms with Crippen molar-refractivity contribution in [2.24, 2.45) is 5.92 Å². The van der Waals surface area contributed by atoms with Gasteiger partial charge in [0, 0.05) is 18.9 Å². The first-order valence-corrected chi connectivity index (χ1v) is 4.28. The van der Waals surface area contributed by atoms with E-state index < -0.39 is 0 Å². The molecule has 0 atom stereocenters. The lowest BCUT2D eigenvalue weighted by atomic mass is 10.0. The van der Waals surface area contributed by atoms with Gasteiger partial charge in [0.1, 0.15) is 0 Å². The maximum Gasteiger partial charge on any atom is 0.220 e. The van der Waals surface area contributed by atoms with Gasteiger partial charge < -0.3 is 10.1 Å². The van der Waals surface area contributed by atoms with E-state index in [2.05, 4.69) is 5.32 Å². The molecule has 1 heterocycles. The van der Waals surface area contributed by atoms with Gasteiger partial charge in [0.25, 0.3) is 0 Å². The summed E-state index contributed by atoms with van der Waals surface area (Å²) in [5.74, 6) is 0.581. The van der Waals surface area contributed by atoms with Gasteiger partial charge in [-0.1, -0.05) is 12.2 Å². The van der Waals surface area contributed by atoms with Gasteiger partial charge in [0.2, 0.25) is 5.91 Å². The Morgan fingerprint density at radius 1 is 1.67 bits per heavy atom. The number of allylic oxidation sites excluding steroid dienone is 1. The van der Waals surface area contributed by atoms with E-state index in [1.807, 2.05) is 19.1 Å². The highest BCUT2D eigenvalue weighted by atomic mass is 16.5. The van der Waals surface area contributed by atoms with Crippen LogP contribution in [0.15, 0.2) is 12.2 Å². The SMILES string of the molecule is C/C=C/CNC(=O)CC1COC1. The Balaban J connectivity index is 2.02. The lowest BCUT2D eigenvalue weighted by molar-refractivity contribution is -0.126. The molecule has 0 aromatic rings. The predicted molar refractivity (Wildman–Crippen MR) is 46.7 cm³/mol. The van der Waals surface area contributed by atoms with Gasteiger partial charge in [0.05, 0.1) is 13.2 Å². The molecule has 1 saturated heterocycles. The van der Waals surface area contributed by atoms with Crippen molar-refractivity contribution in [3.05, 3.63) is 12.2 Å². The van der Waals surface area contributed by atoms with Crippen molar-refractivity contribution in [1.82, 2.24) is 5.32 Å². The third-order valence-electron chi connectivity index (χ3n) is 1.83. The molecule has 0 aromatic heterocycles. The Kier molecular flexibility index (Phi) is 3.80. The minimum absolute atomic E-state index is 0.126. The molecule has 0 spiro atoms. The van der Waals surface area contributed by atoms with Crippen molar-refractivity contribution >= 4 is 5.91 Å². The molecule has 12 heavy (non-hydrogen) atoms. The molecule has 1 rings (SSSR count). The third kappa shape index (κ3) is 3.05. The summed E-state index contributed by atoms with van der Waals surface area (Å²) in [6.07, 6.45) is 4.46. The van der Waals surface area contributed by atoms with Crippen molar-refractivity contribution in [3.63, 3.8) is 0 Å². The van der Waals surface area contributed by atoms with Crippen LogP contribution in [0.5, 0.6) is 0 Å². The second-order valence-corrected chi connectivity index (χ2v) is 2.98. The van der Waals surface area contributed by atoms with Gasteiger partial charge in [-0.3, -0.25) is 4.79 Å². The number of carbonyl (C=O) groups excluding carboxylic acids is 1. The zero-order valence-corrected chi connectivity index (χ0v) is 7.38. The van der Waals surface area contributed by atoms with Crippen molar-refractivity contribution in [2.75, 3.05) is 19.8 Å². The largest absolute Gasteiger partial charge is 0.381 e. The summed E-state index contributed by atoms with van der Waals surface area (Å²) in [5.41, 5.74) is 0. The normalized spacial score (nSPS) is 17.8. The molecule has 1 N–H and O–H groups in total. The molecule has 0 radical (unpaired) electrons. The quantitative estimate of drug-likeness (QED) is 0.629. The zero-order valence-electron chi connectivity index (χ0n) is 7.38. The molecule has 1 fully saturated rings. The monoisotopic (exact) mass is 169 g/mol. The van der Waals surface area contributed by atoms with Crippen LogP contribution in [-0.4, -0.2) is 25.7 Å². The zero-order chi connectivity index (χ0) is 8.81. The van der Waals surface area contributed by atoms with Crippen molar-refractivity contribution < 1.29 is 9.53 Å². The minimum atomic E-state index is 0.126. The van der Waals surface area contributed by atoms with Gasteiger partial charge >= 0.3 is 0 Å². The maximum atomic E-state index is 11.1. The first-order chi connectivity index (χ1) is 5.83. The molecular weight excluding hydrogens is 154 g/mol. The first kappa shape index (κ1) is 9.26. The van der Waals surface area contributed by atoms with Crippen LogP contribution in [0.2, 0.25) is 0 Å². The van der Waals surface area contributed by atoms with E-state index in [0.717, 1.165) is 13.2 Å². The second kappa shape index (κ2) is 4.93. The van der Waals surface area contributed by atoms with Gasteiger partial charge in [-0.05, 0) is 6.92 Å². The molecule has 1 aliphatic heterocycles. The summed E-state index contributed by atoms with van der Waals surface area (Å²) >= 11 is 0. The smallest absolute Gasteiger partial charge is 0.220 e. The van der Waals surface area contributed by atoms with Gasteiger partial charge in [-0.2, -0.15) is 0 Å². The fourth-order valence-electron chi connectivity index (χ4n) is 1.03. The average molecular weight is 169 g/mol. The number of carbonyl (C=O) groups is 1. The van der Waals surface area contributed by atoms with E-state index in [-0.39, 0.29) is 5.91 Å². The number of hydrogen-bond donors (Lipinski definition) is 1. The topological polar surface area (TPSA) is 38.3 Å². The minimum Gasteiger partial charge on any atom is -0.381 e. The molecule has 0 unspecified atom stereocenters. The predicted octanol–water partition coefficient (Wildman–Crippen LogP) is 0.715. The van der Waals surface area contributed by atoms with E-state index >= 15 is 0 Å². The average Bonchev–Trinajstić information content (AvgIpc) is 1.98. The summed E-state index contributed by atoms with van der Waals surface area (Å²) in [7, 11) is 0. The van der Waals surface area contributed by atoms with Crippen LogP contribution >= 0.6 is 0 Å². The molecule has 0 aromatic carbocycles. The fraction of sp³-hybridized carbons (Fsp3) is 0.667. The van der Waals surface area contributed by atoms with Crippen molar-refractivity contribution in [1.29, 1.82) is 0 Å². The van der Waals surface area contributed by atoms with Gasteiger partial charge in [0.15, 0.2) is 0 Å². The lowest BCUT2D eigenvalue weighted by Gasteiger charge is -2.24. The van der Waals surface area contributed by atoms with E-state index in [9.17, 15) is 4.79 Å². The molecule has 0 saturated carbocycles. The van der Waals surface area contributed by atoms with Gasteiger partial charge in [-0.15, -0.1) is 0 Å². The molecule has 1 amide bonds. The van der Waals surface area contributed by atoms with E-state index in [1.165, 1.54) is 0 Å².